The van der Waals surface area contributed by atoms with E-state index < -0.39 is 17.5 Å². The van der Waals surface area contributed by atoms with Crippen LogP contribution in [0.15, 0.2) is 84.9 Å². The molecular weight excluding hydrogens is 460 g/mol. The number of ether oxygens (including phenoxy) is 2. The molecule has 184 valence electrons. The summed E-state index contributed by atoms with van der Waals surface area (Å²) in [5.74, 6) is -1.07. The van der Waals surface area contributed by atoms with Crippen molar-refractivity contribution in [2.24, 2.45) is 0 Å². The average molecular weight is 489 g/mol. The molecule has 0 atom stereocenters. The monoisotopic (exact) mass is 488 g/mol. The van der Waals surface area contributed by atoms with Crippen molar-refractivity contribution in [1.29, 1.82) is 0 Å². The van der Waals surface area contributed by atoms with Crippen LogP contribution in [0, 0.1) is 0 Å². The maximum Gasteiger partial charge on any atom is 0.339 e. The smallest absolute Gasteiger partial charge is 0.339 e. The molecule has 0 radical (unpaired) electrons. The van der Waals surface area contributed by atoms with Gasteiger partial charge in [-0.2, -0.15) is 0 Å². The third-order valence-corrected chi connectivity index (χ3v) is 7.15. The highest BCUT2D eigenvalue weighted by molar-refractivity contribution is 6.06. The van der Waals surface area contributed by atoms with E-state index in [1.807, 2.05) is 63.2 Å². The largest absolute Gasteiger partial charge is 0.461 e. The van der Waals surface area contributed by atoms with Crippen molar-refractivity contribution in [3.05, 3.63) is 118 Å². The summed E-state index contributed by atoms with van der Waals surface area (Å²) in [5.41, 5.74) is 8.51. The van der Waals surface area contributed by atoms with Crippen LogP contribution in [0.5, 0.6) is 0 Å². The van der Waals surface area contributed by atoms with Gasteiger partial charge in [-0.1, -0.05) is 78.9 Å². The van der Waals surface area contributed by atoms with E-state index in [2.05, 4.69) is 36.4 Å². The summed E-state index contributed by atoms with van der Waals surface area (Å²) in [6, 6.07) is 28.2. The molecule has 0 aromatic heterocycles. The molecule has 0 amide bonds. The van der Waals surface area contributed by atoms with Crippen LogP contribution in [-0.4, -0.2) is 24.1 Å². The van der Waals surface area contributed by atoms with Gasteiger partial charge in [0.25, 0.3) is 0 Å². The number of hydrogen-bond donors (Lipinski definition) is 0. The van der Waals surface area contributed by atoms with Crippen LogP contribution >= 0.6 is 0 Å². The first kappa shape index (κ1) is 23.2. The van der Waals surface area contributed by atoms with Crippen LogP contribution in [0.2, 0.25) is 0 Å². The van der Waals surface area contributed by atoms with Gasteiger partial charge in [0.1, 0.15) is 12.2 Å². The topological polar surface area (TPSA) is 52.6 Å². The molecule has 0 N–H and O–H groups in total. The van der Waals surface area contributed by atoms with E-state index >= 15 is 0 Å². The van der Waals surface area contributed by atoms with Gasteiger partial charge < -0.3 is 9.47 Å². The minimum absolute atomic E-state index is 0.0599. The second-order valence-corrected chi connectivity index (χ2v) is 10.7. The van der Waals surface area contributed by atoms with Gasteiger partial charge in [-0.25, -0.2) is 9.59 Å². The maximum absolute atomic E-state index is 13.8. The number of esters is 2. The molecule has 4 nitrogen and oxygen atoms in total. The fourth-order valence-electron chi connectivity index (χ4n) is 5.62. The van der Waals surface area contributed by atoms with Crippen molar-refractivity contribution >= 4 is 11.9 Å². The second-order valence-electron chi connectivity index (χ2n) is 10.7. The van der Waals surface area contributed by atoms with Gasteiger partial charge >= 0.3 is 11.9 Å². The number of carbonyl (C=O) groups excluding carboxylic acids is 2. The summed E-state index contributed by atoms with van der Waals surface area (Å²) in [7, 11) is 0. The molecule has 4 aromatic carbocycles. The van der Waals surface area contributed by atoms with E-state index in [0.717, 1.165) is 33.4 Å². The van der Waals surface area contributed by atoms with E-state index in [1.54, 1.807) is 6.07 Å². The Kier molecular flexibility index (Phi) is 5.49. The summed E-state index contributed by atoms with van der Waals surface area (Å²) < 4.78 is 11.7. The molecule has 0 spiro atoms. The molecule has 4 heteroatoms. The van der Waals surface area contributed by atoms with Gasteiger partial charge in [0.2, 0.25) is 0 Å². The molecule has 0 saturated heterocycles. The Morgan fingerprint density at radius 3 is 1.97 bits per heavy atom. The number of hydrogen-bond acceptors (Lipinski definition) is 4. The molecule has 2 aliphatic carbocycles. The van der Waals surface area contributed by atoms with E-state index in [1.165, 1.54) is 11.1 Å². The fourth-order valence-corrected chi connectivity index (χ4v) is 5.62. The third-order valence-electron chi connectivity index (χ3n) is 7.15. The van der Waals surface area contributed by atoms with Crippen molar-refractivity contribution in [2.45, 2.75) is 38.7 Å². The molecule has 0 heterocycles. The normalized spacial score (nSPS) is 13.4. The van der Waals surface area contributed by atoms with E-state index in [9.17, 15) is 9.59 Å². The van der Waals surface area contributed by atoms with Crippen molar-refractivity contribution in [2.75, 3.05) is 6.61 Å². The minimum atomic E-state index is -0.683. The molecule has 2 aliphatic rings. The summed E-state index contributed by atoms with van der Waals surface area (Å²) in [5, 5.41) is 0. The third kappa shape index (κ3) is 4.03. The number of fused-ring (bicyclic) bond motifs is 6. The minimum Gasteiger partial charge on any atom is -0.461 e. The predicted molar refractivity (Wildman–Crippen MR) is 144 cm³/mol. The first-order valence-corrected chi connectivity index (χ1v) is 12.6. The first-order valence-electron chi connectivity index (χ1n) is 12.6. The van der Waals surface area contributed by atoms with Crippen LogP contribution in [0.3, 0.4) is 0 Å². The Morgan fingerprint density at radius 1 is 0.730 bits per heavy atom. The second kappa shape index (κ2) is 8.74. The zero-order valence-corrected chi connectivity index (χ0v) is 21.2. The number of benzene rings is 4. The fraction of sp³-hybridized carbons (Fsp3) is 0.212. The van der Waals surface area contributed by atoms with E-state index in [4.69, 9.17) is 9.47 Å². The average Bonchev–Trinajstić information content (AvgIpc) is 3.41. The van der Waals surface area contributed by atoms with Crippen LogP contribution in [0.1, 0.15) is 69.7 Å². The Labute approximate surface area is 216 Å². The van der Waals surface area contributed by atoms with Crippen molar-refractivity contribution in [1.82, 2.24) is 0 Å². The van der Waals surface area contributed by atoms with Crippen molar-refractivity contribution in [3.8, 4) is 22.3 Å². The van der Waals surface area contributed by atoms with Crippen LogP contribution in [-0.2, 0) is 15.9 Å². The van der Waals surface area contributed by atoms with Gasteiger partial charge in [0.05, 0.1) is 11.1 Å². The summed E-state index contributed by atoms with van der Waals surface area (Å²) in [6.07, 6.45) is 0.571. The molecule has 0 unspecified atom stereocenters. The summed E-state index contributed by atoms with van der Waals surface area (Å²) in [6.45, 7) is 5.65. The summed E-state index contributed by atoms with van der Waals surface area (Å²) in [4.78, 5) is 27.0. The van der Waals surface area contributed by atoms with Gasteiger partial charge in [0, 0.05) is 5.92 Å². The van der Waals surface area contributed by atoms with Crippen LogP contribution in [0.4, 0.5) is 0 Å². The lowest BCUT2D eigenvalue weighted by Crippen LogP contribution is -2.26. The number of rotatable bonds is 4. The molecule has 0 fully saturated rings. The Bertz CT molecular complexity index is 1510. The molecule has 0 aliphatic heterocycles. The molecule has 6 rings (SSSR count). The number of carbonyl (C=O) groups is 2. The molecule has 4 aromatic rings. The van der Waals surface area contributed by atoms with E-state index in [0.29, 0.717) is 12.0 Å². The highest BCUT2D eigenvalue weighted by atomic mass is 16.6. The van der Waals surface area contributed by atoms with Crippen LogP contribution < -0.4 is 0 Å². The highest BCUT2D eigenvalue weighted by Gasteiger charge is 2.33. The lowest BCUT2D eigenvalue weighted by molar-refractivity contribution is 0.00638. The van der Waals surface area contributed by atoms with Crippen molar-refractivity contribution < 1.29 is 19.1 Å². The van der Waals surface area contributed by atoms with Gasteiger partial charge in [0.15, 0.2) is 0 Å². The standard InChI is InChI=1S/C33H28O4/c1-33(2,3)37-31(34)27-17-16-26-21-11-5-4-10-20(21)18-28(26)30(27)32(35)36-19-29-24-14-8-6-12-22(24)23-13-7-9-15-25(23)29/h4-17,29H,18-19H2,1-3H3. The maximum atomic E-state index is 13.8. The zero-order valence-electron chi connectivity index (χ0n) is 21.2. The zero-order chi connectivity index (χ0) is 25.7. The van der Waals surface area contributed by atoms with E-state index in [-0.39, 0.29) is 18.1 Å². The Morgan fingerprint density at radius 2 is 1.32 bits per heavy atom. The lowest BCUT2D eigenvalue weighted by atomic mass is 9.95. The molecular formula is C33H28O4. The SMILES string of the molecule is CC(C)(C)OC(=O)c1ccc2c(c1C(=O)OCC1c3ccccc3-c3ccccc31)Cc1ccccc1-2. The predicted octanol–water partition coefficient (Wildman–Crippen LogP) is 7.18. The van der Waals surface area contributed by atoms with Crippen LogP contribution in [0.25, 0.3) is 22.3 Å². The van der Waals surface area contributed by atoms with Crippen molar-refractivity contribution in [3.63, 3.8) is 0 Å². The van der Waals surface area contributed by atoms with Gasteiger partial charge in [-0.05, 0) is 77.8 Å². The highest BCUT2D eigenvalue weighted by Crippen LogP contribution is 2.45. The Hall–Kier alpha value is -4.18. The first-order chi connectivity index (χ1) is 17.8. The summed E-state index contributed by atoms with van der Waals surface area (Å²) >= 11 is 0. The molecule has 0 bridgehead atoms. The quantitative estimate of drug-likeness (QED) is 0.251. The van der Waals surface area contributed by atoms with Gasteiger partial charge in [-0.15, -0.1) is 0 Å². The lowest BCUT2D eigenvalue weighted by Gasteiger charge is -2.21. The molecule has 37 heavy (non-hydrogen) atoms. The van der Waals surface area contributed by atoms with Gasteiger partial charge in [-0.3, -0.25) is 0 Å². The Balaban J connectivity index is 1.37. The molecule has 0 saturated carbocycles.